The summed E-state index contributed by atoms with van der Waals surface area (Å²) < 4.78 is 38.6. The van der Waals surface area contributed by atoms with Crippen LogP contribution in [0.4, 0.5) is 18.9 Å². The van der Waals surface area contributed by atoms with E-state index >= 15 is 0 Å². The number of rotatable bonds is 2. The molecule has 0 aliphatic carbocycles. The number of alkyl halides is 3. The maximum absolute atomic E-state index is 12.7. The summed E-state index contributed by atoms with van der Waals surface area (Å²) in [6.07, 6.45) is -4.47. The summed E-state index contributed by atoms with van der Waals surface area (Å²) in [5.74, 6) is -0.453. The van der Waals surface area contributed by atoms with Crippen molar-refractivity contribution < 1.29 is 18.0 Å². The van der Waals surface area contributed by atoms with Crippen molar-refractivity contribution in [3.8, 4) is 0 Å². The molecule has 0 unspecified atom stereocenters. The number of carbonyl (C=O) groups is 1. The van der Waals surface area contributed by atoms with Crippen molar-refractivity contribution in [3.05, 3.63) is 64.1 Å². The van der Waals surface area contributed by atoms with E-state index in [2.05, 4.69) is 26.6 Å². The minimum absolute atomic E-state index is 0.0983. The van der Waals surface area contributed by atoms with Crippen LogP contribution in [-0.2, 0) is 6.18 Å². The van der Waals surface area contributed by atoms with Crippen LogP contribution in [-0.4, -0.2) is 11.0 Å². The molecule has 8 heteroatoms. The lowest BCUT2D eigenvalue weighted by Crippen LogP contribution is -2.34. The van der Waals surface area contributed by atoms with E-state index in [1.807, 2.05) is 0 Å². The van der Waals surface area contributed by atoms with Crippen LogP contribution >= 0.6 is 28.1 Å². The lowest BCUT2D eigenvalue weighted by molar-refractivity contribution is -0.137. The first-order valence-corrected chi connectivity index (χ1v) is 7.51. The fraction of sp³-hybridized carbons (Fsp3) is 0.0667. The van der Waals surface area contributed by atoms with Gasteiger partial charge in [-0.2, -0.15) is 13.2 Å². The Morgan fingerprint density at radius 1 is 1.09 bits per heavy atom. The maximum Gasteiger partial charge on any atom is 0.416 e. The zero-order chi connectivity index (χ0) is 17.0. The van der Waals surface area contributed by atoms with Gasteiger partial charge < -0.3 is 5.32 Å². The predicted octanol–water partition coefficient (Wildman–Crippen LogP) is 4.59. The molecule has 23 heavy (non-hydrogen) atoms. The molecule has 0 fully saturated rings. The zero-order valence-electron chi connectivity index (χ0n) is 11.4. The number of anilines is 1. The van der Waals surface area contributed by atoms with Gasteiger partial charge in [0.15, 0.2) is 5.11 Å². The number of thiocarbonyl (C=S) groups is 1. The van der Waals surface area contributed by atoms with E-state index < -0.39 is 17.6 Å². The van der Waals surface area contributed by atoms with Gasteiger partial charge in [-0.15, -0.1) is 0 Å². The normalized spacial score (nSPS) is 11.0. The summed E-state index contributed by atoms with van der Waals surface area (Å²) in [5.41, 5.74) is -0.321. The predicted molar refractivity (Wildman–Crippen MR) is 89.3 cm³/mol. The van der Waals surface area contributed by atoms with E-state index in [0.29, 0.717) is 10.0 Å². The highest BCUT2D eigenvalue weighted by atomic mass is 79.9. The van der Waals surface area contributed by atoms with E-state index in [4.69, 9.17) is 12.2 Å². The molecule has 2 aromatic carbocycles. The molecule has 2 aromatic rings. The number of nitrogens with one attached hydrogen (secondary N) is 2. The molecular formula is C15H10BrF3N2OS. The highest BCUT2D eigenvalue weighted by Crippen LogP contribution is 2.33. The van der Waals surface area contributed by atoms with Crippen LogP contribution in [0.1, 0.15) is 15.9 Å². The SMILES string of the molecule is O=C(NC(=S)Nc1cc(C(F)(F)F)ccc1Br)c1ccccc1. The Morgan fingerprint density at radius 3 is 2.35 bits per heavy atom. The molecule has 1 amide bonds. The molecule has 0 heterocycles. The standard InChI is InChI=1S/C15H10BrF3N2OS/c16-11-7-6-10(15(17,18)19)8-12(11)20-14(23)21-13(22)9-4-2-1-3-5-9/h1-8H,(H2,20,21,22,23). The minimum atomic E-state index is -4.47. The third kappa shape index (κ3) is 4.77. The fourth-order valence-electron chi connectivity index (χ4n) is 1.72. The lowest BCUT2D eigenvalue weighted by Gasteiger charge is -2.13. The number of hydrogen-bond donors (Lipinski definition) is 2. The fourth-order valence-corrected chi connectivity index (χ4v) is 2.26. The number of amides is 1. The summed E-state index contributed by atoms with van der Waals surface area (Å²) in [4.78, 5) is 11.9. The van der Waals surface area contributed by atoms with E-state index in [1.165, 1.54) is 6.07 Å². The molecule has 2 rings (SSSR count). The zero-order valence-corrected chi connectivity index (χ0v) is 13.8. The van der Waals surface area contributed by atoms with Crippen LogP contribution in [0, 0.1) is 0 Å². The number of halogens is 4. The Bertz CT molecular complexity index is 735. The van der Waals surface area contributed by atoms with Crippen molar-refractivity contribution in [3.63, 3.8) is 0 Å². The molecule has 0 aliphatic rings. The summed E-state index contributed by atoms with van der Waals surface area (Å²) in [6.45, 7) is 0. The molecule has 120 valence electrons. The first-order chi connectivity index (χ1) is 10.8. The van der Waals surface area contributed by atoms with Crippen molar-refractivity contribution in [2.45, 2.75) is 6.18 Å². The highest BCUT2D eigenvalue weighted by Gasteiger charge is 2.31. The average molecular weight is 403 g/mol. The van der Waals surface area contributed by atoms with E-state index in [0.717, 1.165) is 12.1 Å². The van der Waals surface area contributed by atoms with Gasteiger partial charge in [-0.1, -0.05) is 18.2 Å². The Balaban J connectivity index is 2.10. The summed E-state index contributed by atoms with van der Waals surface area (Å²) >= 11 is 8.10. The molecular weight excluding hydrogens is 393 g/mol. The Hall–Kier alpha value is -1.93. The molecule has 0 saturated heterocycles. The van der Waals surface area contributed by atoms with Gasteiger partial charge in [0.1, 0.15) is 0 Å². The number of carbonyl (C=O) groups excluding carboxylic acids is 1. The molecule has 0 atom stereocenters. The Labute approximate surface area is 144 Å². The first kappa shape index (κ1) is 17.4. The van der Waals surface area contributed by atoms with Crippen LogP contribution in [0.25, 0.3) is 0 Å². The van der Waals surface area contributed by atoms with Crippen LogP contribution in [0.3, 0.4) is 0 Å². The average Bonchev–Trinajstić information content (AvgIpc) is 2.49. The summed E-state index contributed by atoms with van der Waals surface area (Å²) in [5, 5.41) is 4.89. The second-order valence-electron chi connectivity index (χ2n) is 4.47. The molecule has 0 aliphatic heterocycles. The maximum atomic E-state index is 12.7. The first-order valence-electron chi connectivity index (χ1n) is 6.31. The summed E-state index contributed by atoms with van der Waals surface area (Å²) in [7, 11) is 0. The van der Waals surface area contributed by atoms with E-state index in [9.17, 15) is 18.0 Å². The smallest absolute Gasteiger partial charge is 0.331 e. The molecule has 2 N–H and O–H groups in total. The van der Waals surface area contributed by atoms with E-state index in [1.54, 1.807) is 30.3 Å². The number of hydrogen-bond acceptors (Lipinski definition) is 2. The van der Waals surface area contributed by atoms with Gasteiger partial charge in [0.25, 0.3) is 5.91 Å². The van der Waals surface area contributed by atoms with Crippen molar-refractivity contribution in [2.24, 2.45) is 0 Å². The third-order valence-electron chi connectivity index (χ3n) is 2.80. The van der Waals surface area contributed by atoms with Gasteiger partial charge in [0, 0.05) is 10.0 Å². The van der Waals surface area contributed by atoms with Gasteiger partial charge >= 0.3 is 6.18 Å². The molecule has 0 radical (unpaired) electrons. The largest absolute Gasteiger partial charge is 0.416 e. The lowest BCUT2D eigenvalue weighted by atomic mass is 10.2. The monoisotopic (exact) mass is 402 g/mol. The highest BCUT2D eigenvalue weighted by molar-refractivity contribution is 9.10. The van der Waals surface area contributed by atoms with Crippen LogP contribution in [0.5, 0.6) is 0 Å². The molecule has 0 saturated carbocycles. The van der Waals surface area contributed by atoms with Gasteiger partial charge in [-0.3, -0.25) is 10.1 Å². The Kier molecular flexibility index (Phi) is 5.38. The molecule has 0 spiro atoms. The molecule has 3 nitrogen and oxygen atoms in total. The van der Waals surface area contributed by atoms with Gasteiger partial charge in [0.05, 0.1) is 11.3 Å². The van der Waals surface area contributed by atoms with Crippen LogP contribution in [0.2, 0.25) is 0 Å². The van der Waals surface area contributed by atoms with Crippen molar-refractivity contribution in [2.75, 3.05) is 5.32 Å². The van der Waals surface area contributed by atoms with Crippen LogP contribution < -0.4 is 10.6 Å². The quantitative estimate of drug-likeness (QED) is 0.721. The van der Waals surface area contributed by atoms with E-state index in [-0.39, 0.29) is 10.8 Å². The van der Waals surface area contributed by atoms with Crippen molar-refractivity contribution in [1.29, 1.82) is 0 Å². The molecule has 0 aromatic heterocycles. The van der Waals surface area contributed by atoms with Crippen LogP contribution in [0.15, 0.2) is 53.0 Å². The van der Waals surface area contributed by atoms with Gasteiger partial charge in [-0.05, 0) is 58.5 Å². The van der Waals surface area contributed by atoms with Crippen molar-refractivity contribution in [1.82, 2.24) is 5.32 Å². The second kappa shape index (κ2) is 7.10. The summed E-state index contributed by atoms with van der Waals surface area (Å²) in [6, 6.07) is 11.4. The minimum Gasteiger partial charge on any atom is -0.331 e. The topological polar surface area (TPSA) is 41.1 Å². The van der Waals surface area contributed by atoms with Gasteiger partial charge in [-0.25, -0.2) is 0 Å². The van der Waals surface area contributed by atoms with Gasteiger partial charge in [0.2, 0.25) is 0 Å². The Morgan fingerprint density at radius 2 is 1.74 bits per heavy atom. The second-order valence-corrected chi connectivity index (χ2v) is 5.73. The van der Waals surface area contributed by atoms with Crippen molar-refractivity contribution >= 4 is 44.9 Å². The number of benzene rings is 2. The third-order valence-corrected chi connectivity index (χ3v) is 3.70. The molecule has 0 bridgehead atoms.